The van der Waals surface area contributed by atoms with Crippen LogP contribution in [0.3, 0.4) is 0 Å². The Morgan fingerprint density at radius 2 is 2.45 bits per heavy atom. The van der Waals surface area contributed by atoms with Crippen molar-refractivity contribution in [3.63, 3.8) is 0 Å². The number of fused-ring (bicyclic) bond motifs is 1. The number of H-pyrrole nitrogens is 1. The van der Waals surface area contributed by atoms with E-state index in [1.165, 1.54) is 29.9 Å². The van der Waals surface area contributed by atoms with Crippen molar-refractivity contribution in [2.75, 3.05) is 0 Å². The number of aromatic amines is 1. The molecule has 0 radical (unpaired) electrons. The lowest BCUT2D eigenvalue weighted by Gasteiger charge is -1.92. The molecule has 0 aromatic carbocycles. The fourth-order valence-corrected chi connectivity index (χ4v) is 2.94. The van der Waals surface area contributed by atoms with Gasteiger partial charge in [0.2, 0.25) is 0 Å². The molecule has 0 fully saturated rings. The Balaban J connectivity index is 2.58. The van der Waals surface area contributed by atoms with E-state index in [9.17, 15) is 4.79 Å². The third-order valence-electron chi connectivity index (χ3n) is 1.24. The minimum atomic E-state index is -0.0968. The summed E-state index contributed by atoms with van der Waals surface area (Å²) in [6.07, 6.45) is 1.40. The van der Waals surface area contributed by atoms with Gasteiger partial charge in [-0.1, -0.05) is 23.5 Å². The molecule has 1 unspecified atom stereocenters. The lowest BCUT2D eigenvalue weighted by atomic mass is 10.6. The summed E-state index contributed by atoms with van der Waals surface area (Å²) < 4.78 is -0.0824. The van der Waals surface area contributed by atoms with Gasteiger partial charge in [0.05, 0.1) is 6.33 Å². The standard InChI is InChI=1S/C5H5N3OS2/c6-5-10-2-3(9)7-1-8-4(2)11-5/h1,5H,6H2,(H,7,8,9). The summed E-state index contributed by atoms with van der Waals surface area (Å²) in [5.74, 6) is 0. The molecule has 2 heterocycles. The summed E-state index contributed by atoms with van der Waals surface area (Å²) in [7, 11) is 0. The molecule has 0 aliphatic carbocycles. The fourth-order valence-electron chi connectivity index (χ4n) is 0.809. The molecular weight excluding hydrogens is 182 g/mol. The van der Waals surface area contributed by atoms with Gasteiger partial charge in [-0.15, -0.1) is 0 Å². The average Bonchev–Trinajstić information content (AvgIpc) is 2.31. The number of nitrogens with two attached hydrogens (primary N) is 1. The van der Waals surface area contributed by atoms with Gasteiger partial charge >= 0.3 is 0 Å². The van der Waals surface area contributed by atoms with E-state index in [0.29, 0.717) is 4.90 Å². The van der Waals surface area contributed by atoms with E-state index in [0.717, 1.165) is 5.03 Å². The van der Waals surface area contributed by atoms with Gasteiger partial charge in [-0.05, 0) is 0 Å². The number of thioether (sulfide) groups is 2. The highest BCUT2D eigenvalue weighted by atomic mass is 32.2. The van der Waals surface area contributed by atoms with Crippen LogP contribution in [0, 0.1) is 0 Å². The van der Waals surface area contributed by atoms with Crippen LogP contribution < -0.4 is 11.3 Å². The SMILES string of the molecule is NC1Sc2nc[nH]c(=O)c2S1. The molecule has 6 heteroatoms. The van der Waals surface area contributed by atoms with Crippen molar-refractivity contribution in [1.29, 1.82) is 0 Å². The first-order chi connectivity index (χ1) is 5.27. The zero-order chi connectivity index (χ0) is 7.84. The molecular formula is C5H5N3OS2. The number of aromatic nitrogens is 2. The van der Waals surface area contributed by atoms with E-state index >= 15 is 0 Å². The topological polar surface area (TPSA) is 71.8 Å². The van der Waals surface area contributed by atoms with Crippen LogP contribution in [0.4, 0.5) is 0 Å². The van der Waals surface area contributed by atoms with Crippen molar-refractivity contribution in [3.8, 4) is 0 Å². The van der Waals surface area contributed by atoms with Crippen LogP contribution in [-0.4, -0.2) is 14.7 Å². The normalized spacial score (nSPS) is 21.7. The van der Waals surface area contributed by atoms with Crippen molar-refractivity contribution in [2.45, 2.75) is 14.6 Å². The molecule has 1 aliphatic heterocycles. The second kappa shape index (κ2) is 2.54. The van der Waals surface area contributed by atoms with Gasteiger partial charge in [0.15, 0.2) is 0 Å². The molecule has 1 aromatic heterocycles. The van der Waals surface area contributed by atoms with E-state index in [1.54, 1.807) is 0 Å². The maximum Gasteiger partial charge on any atom is 0.265 e. The molecule has 0 bridgehead atoms. The van der Waals surface area contributed by atoms with Gasteiger partial charge in [-0.2, -0.15) is 0 Å². The third kappa shape index (κ3) is 1.17. The summed E-state index contributed by atoms with van der Waals surface area (Å²) in [5.41, 5.74) is 5.49. The van der Waals surface area contributed by atoms with Gasteiger partial charge in [-0.3, -0.25) is 4.79 Å². The lowest BCUT2D eigenvalue weighted by Crippen LogP contribution is -2.09. The van der Waals surface area contributed by atoms with Crippen molar-refractivity contribution in [1.82, 2.24) is 9.97 Å². The summed E-state index contributed by atoms with van der Waals surface area (Å²) >= 11 is 2.77. The highest BCUT2D eigenvalue weighted by Gasteiger charge is 2.23. The molecule has 3 N–H and O–H groups in total. The van der Waals surface area contributed by atoms with Gasteiger partial charge < -0.3 is 10.7 Å². The molecule has 0 saturated carbocycles. The van der Waals surface area contributed by atoms with Crippen LogP contribution in [0.1, 0.15) is 0 Å². The van der Waals surface area contributed by atoms with E-state index in [4.69, 9.17) is 5.73 Å². The van der Waals surface area contributed by atoms with Crippen molar-refractivity contribution in [3.05, 3.63) is 16.7 Å². The Bertz CT molecular complexity index is 337. The number of hydrogen-bond acceptors (Lipinski definition) is 5. The Kier molecular flexibility index (Phi) is 1.67. The number of nitrogens with one attached hydrogen (secondary N) is 1. The van der Waals surface area contributed by atoms with Crippen LogP contribution in [0.15, 0.2) is 21.0 Å². The highest BCUT2D eigenvalue weighted by Crippen LogP contribution is 2.41. The Morgan fingerprint density at radius 1 is 1.64 bits per heavy atom. The van der Waals surface area contributed by atoms with Crippen LogP contribution in [-0.2, 0) is 0 Å². The Labute approximate surface area is 71.0 Å². The Hall–Kier alpha value is -0.460. The monoisotopic (exact) mass is 187 g/mol. The molecule has 1 aromatic rings. The molecule has 11 heavy (non-hydrogen) atoms. The second-order valence-corrected chi connectivity index (χ2v) is 4.55. The third-order valence-corrected chi connectivity index (χ3v) is 3.56. The summed E-state index contributed by atoms with van der Waals surface area (Å²) in [5, 5.41) is 0.742. The van der Waals surface area contributed by atoms with Gasteiger partial charge in [0.1, 0.15) is 14.6 Å². The van der Waals surface area contributed by atoms with E-state index < -0.39 is 0 Å². The van der Waals surface area contributed by atoms with E-state index in [2.05, 4.69) is 9.97 Å². The first-order valence-electron chi connectivity index (χ1n) is 2.94. The molecule has 0 saturated heterocycles. The zero-order valence-corrected chi connectivity index (χ0v) is 7.04. The average molecular weight is 187 g/mol. The molecule has 4 nitrogen and oxygen atoms in total. The number of hydrogen-bond donors (Lipinski definition) is 2. The summed E-state index contributed by atoms with van der Waals surface area (Å²) in [6.45, 7) is 0. The molecule has 2 rings (SSSR count). The summed E-state index contributed by atoms with van der Waals surface area (Å²) in [6, 6.07) is 0. The van der Waals surface area contributed by atoms with Gasteiger partial charge in [0.25, 0.3) is 5.56 Å². The predicted octanol–water partition coefficient (Wildman–Crippen LogP) is 0.210. The number of nitrogens with zero attached hydrogens (tertiary/aromatic N) is 1. The number of rotatable bonds is 0. The minimum absolute atomic E-state index is 0.0824. The smallest absolute Gasteiger partial charge is 0.265 e. The predicted molar refractivity (Wildman–Crippen MR) is 44.5 cm³/mol. The molecule has 1 aliphatic rings. The highest BCUT2D eigenvalue weighted by molar-refractivity contribution is 8.19. The van der Waals surface area contributed by atoms with Crippen LogP contribution in [0.2, 0.25) is 0 Å². The first kappa shape index (κ1) is 7.20. The minimum Gasteiger partial charge on any atom is -0.312 e. The first-order valence-corrected chi connectivity index (χ1v) is 4.70. The van der Waals surface area contributed by atoms with E-state index in [1.807, 2.05) is 0 Å². The van der Waals surface area contributed by atoms with Crippen LogP contribution in [0.5, 0.6) is 0 Å². The maximum absolute atomic E-state index is 11.1. The maximum atomic E-state index is 11.1. The summed E-state index contributed by atoms with van der Waals surface area (Å²) in [4.78, 5) is 18.2. The molecule has 1 atom stereocenters. The van der Waals surface area contributed by atoms with Crippen LogP contribution in [0.25, 0.3) is 0 Å². The zero-order valence-electron chi connectivity index (χ0n) is 5.40. The van der Waals surface area contributed by atoms with Gasteiger partial charge in [0, 0.05) is 0 Å². The van der Waals surface area contributed by atoms with E-state index in [-0.39, 0.29) is 10.3 Å². The quantitative estimate of drug-likeness (QED) is 0.568. The largest absolute Gasteiger partial charge is 0.312 e. The van der Waals surface area contributed by atoms with Crippen molar-refractivity contribution in [2.24, 2.45) is 5.73 Å². The van der Waals surface area contributed by atoms with Crippen molar-refractivity contribution >= 4 is 23.5 Å². The van der Waals surface area contributed by atoms with Crippen LogP contribution >= 0.6 is 23.5 Å². The lowest BCUT2D eigenvalue weighted by molar-refractivity contribution is 0.929. The fraction of sp³-hybridized carbons (Fsp3) is 0.200. The molecule has 0 amide bonds. The van der Waals surface area contributed by atoms with Gasteiger partial charge in [-0.25, -0.2) is 4.98 Å². The Morgan fingerprint density at radius 3 is 3.18 bits per heavy atom. The van der Waals surface area contributed by atoms with Crippen molar-refractivity contribution < 1.29 is 0 Å². The molecule has 0 spiro atoms. The second-order valence-electron chi connectivity index (χ2n) is 1.97. The molecule has 58 valence electrons.